The van der Waals surface area contributed by atoms with Crippen LogP contribution in [0.2, 0.25) is 0 Å². The summed E-state index contributed by atoms with van der Waals surface area (Å²) in [5.74, 6) is 0. The smallest absolute Gasteiger partial charge is 0.0945 e. The standard InChI is InChI=1S/C16H22N2O4S/c17-11-3-4-15(14(6-11)16-2-1-5-23-16)18(7-12(21)9-19)8-13(22)10-20/h1-6,12-13,19-22H,7-10,17H2. The number of thiophene rings is 1. The molecule has 0 radical (unpaired) electrons. The third kappa shape index (κ3) is 4.66. The van der Waals surface area contributed by atoms with E-state index in [1.165, 1.54) is 0 Å². The molecule has 7 heteroatoms. The van der Waals surface area contributed by atoms with Crippen LogP contribution in [-0.2, 0) is 0 Å². The molecule has 0 bridgehead atoms. The number of anilines is 2. The number of aliphatic hydroxyl groups excluding tert-OH is 4. The van der Waals surface area contributed by atoms with Crippen LogP contribution >= 0.6 is 11.3 Å². The second kappa shape index (κ2) is 8.28. The first-order chi connectivity index (χ1) is 11.0. The molecular weight excluding hydrogens is 316 g/mol. The van der Waals surface area contributed by atoms with Crippen LogP contribution < -0.4 is 10.6 Å². The fourth-order valence-corrected chi connectivity index (χ4v) is 3.11. The van der Waals surface area contributed by atoms with Gasteiger partial charge in [0.2, 0.25) is 0 Å². The van der Waals surface area contributed by atoms with Crippen molar-refractivity contribution in [1.82, 2.24) is 0 Å². The number of nitrogens with zero attached hydrogens (tertiary/aromatic N) is 1. The van der Waals surface area contributed by atoms with E-state index in [-0.39, 0.29) is 26.3 Å². The van der Waals surface area contributed by atoms with Crippen LogP contribution in [0.5, 0.6) is 0 Å². The van der Waals surface area contributed by atoms with Crippen molar-refractivity contribution in [1.29, 1.82) is 0 Å². The zero-order chi connectivity index (χ0) is 16.8. The lowest BCUT2D eigenvalue weighted by atomic mass is 10.1. The molecule has 0 saturated heterocycles. The summed E-state index contributed by atoms with van der Waals surface area (Å²) in [6.07, 6.45) is -1.90. The molecule has 1 aromatic heterocycles. The topological polar surface area (TPSA) is 110 Å². The molecule has 0 fully saturated rings. The summed E-state index contributed by atoms with van der Waals surface area (Å²) in [5.41, 5.74) is 8.17. The van der Waals surface area contributed by atoms with E-state index in [1.54, 1.807) is 22.3 Å². The van der Waals surface area contributed by atoms with Gasteiger partial charge in [0.1, 0.15) is 0 Å². The first-order valence-corrected chi connectivity index (χ1v) is 8.19. The van der Waals surface area contributed by atoms with Crippen molar-refractivity contribution in [2.24, 2.45) is 0 Å². The van der Waals surface area contributed by atoms with Gasteiger partial charge in [0.15, 0.2) is 0 Å². The van der Waals surface area contributed by atoms with Crippen molar-refractivity contribution in [3.05, 3.63) is 35.7 Å². The first-order valence-electron chi connectivity index (χ1n) is 7.31. The molecule has 1 aromatic carbocycles. The SMILES string of the molecule is Nc1ccc(N(CC(O)CO)CC(O)CO)c(-c2cccs2)c1. The maximum atomic E-state index is 9.79. The van der Waals surface area contributed by atoms with Crippen molar-refractivity contribution < 1.29 is 20.4 Å². The highest BCUT2D eigenvalue weighted by molar-refractivity contribution is 7.13. The van der Waals surface area contributed by atoms with Crippen molar-refractivity contribution >= 4 is 22.7 Å². The maximum absolute atomic E-state index is 9.79. The van der Waals surface area contributed by atoms with Gasteiger partial charge in [-0.1, -0.05) is 6.07 Å². The second-order valence-corrected chi connectivity index (χ2v) is 6.28. The van der Waals surface area contributed by atoms with Crippen LogP contribution in [0.1, 0.15) is 0 Å². The highest BCUT2D eigenvalue weighted by atomic mass is 32.1. The predicted molar refractivity (Wildman–Crippen MR) is 92.6 cm³/mol. The van der Waals surface area contributed by atoms with Gasteiger partial charge >= 0.3 is 0 Å². The van der Waals surface area contributed by atoms with Gasteiger partial charge in [-0.15, -0.1) is 11.3 Å². The average Bonchev–Trinajstić information content (AvgIpc) is 3.08. The molecule has 2 atom stereocenters. The Balaban J connectivity index is 2.40. The summed E-state index contributed by atoms with van der Waals surface area (Å²) in [5, 5.41) is 39.8. The molecule has 0 aliphatic carbocycles. The van der Waals surface area contributed by atoms with Gasteiger partial charge in [-0.2, -0.15) is 0 Å². The van der Waals surface area contributed by atoms with Crippen molar-refractivity contribution in [3.8, 4) is 10.4 Å². The van der Waals surface area contributed by atoms with E-state index >= 15 is 0 Å². The van der Waals surface area contributed by atoms with E-state index in [1.807, 2.05) is 29.6 Å². The number of hydrogen-bond donors (Lipinski definition) is 5. The maximum Gasteiger partial charge on any atom is 0.0945 e. The van der Waals surface area contributed by atoms with Gasteiger partial charge in [0.05, 0.1) is 25.4 Å². The molecule has 23 heavy (non-hydrogen) atoms. The van der Waals surface area contributed by atoms with Gasteiger partial charge in [-0.3, -0.25) is 0 Å². The van der Waals surface area contributed by atoms with E-state index < -0.39 is 12.2 Å². The Morgan fingerprint density at radius 2 is 1.70 bits per heavy atom. The van der Waals surface area contributed by atoms with Crippen LogP contribution in [0.15, 0.2) is 35.7 Å². The molecular formula is C16H22N2O4S. The molecule has 6 N–H and O–H groups in total. The molecule has 6 nitrogen and oxygen atoms in total. The normalized spacial score (nSPS) is 13.7. The zero-order valence-electron chi connectivity index (χ0n) is 12.7. The summed E-state index contributed by atoms with van der Waals surface area (Å²) in [4.78, 5) is 2.75. The number of aliphatic hydroxyl groups is 4. The van der Waals surface area contributed by atoms with Gasteiger partial charge < -0.3 is 31.1 Å². The second-order valence-electron chi connectivity index (χ2n) is 5.33. The molecule has 2 aromatic rings. The minimum absolute atomic E-state index is 0.135. The Morgan fingerprint density at radius 3 is 2.22 bits per heavy atom. The van der Waals surface area contributed by atoms with Gasteiger partial charge in [-0.05, 0) is 29.6 Å². The van der Waals surface area contributed by atoms with Crippen LogP contribution in [0.4, 0.5) is 11.4 Å². The Morgan fingerprint density at radius 1 is 1.04 bits per heavy atom. The number of hydrogen-bond acceptors (Lipinski definition) is 7. The minimum Gasteiger partial charge on any atom is -0.399 e. The Labute approximate surface area is 139 Å². The Kier molecular flexibility index (Phi) is 6.37. The van der Waals surface area contributed by atoms with Crippen LogP contribution in [0, 0.1) is 0 Å². The number of nitrogen functional groups attached to an aromatic ring is 1. The van der Waals surface area contributed by atoms with E-state index in [9.17, 15) is 10.2 Å². The lowest BCUT2D eigenvalue weighted by Crippen LogP contribution is -2.40. The van der Waals surface area contributed by atoms with Gasteiger partial charge in [-0.25, -0.2) is 0 Å². The molecule has 126 valence electrons. The lowest BCUT2D eigenvalue weighted by molar-refractivity contribution is 0.0839. The average molecular weight is 338 g/mol. The lowest BCUT2D eigenvalue weighted by Gasteiger charge is -2.30. The summed E-state index contributed by atoms with van der Waals surface area (Å²) >= 11 is 1.56. The first kappa shape index (κ1) is 17.7. The van der Waals surface area contributed by atoms with E-state index in [0.29, 0.717) is 5.69 Å². The molecule has 0 amide bonds. The molecule has 0 aliphatic rings. The minimum atomic E-state index is -0.949. The molecule has 1 heterocycles. The highest BCUT2D eigenvalue weighted by Crippen LogP contribution is 2.35. The van der Waals surface area contributed by atoms with Crippen molar-refractivity contribution in [3.63, 3.8) is 0 Å². The van der Waals surface area contributed by atoms with Crippen LogP contribution in [-0.4, -0.2) is 58.9 Å². The fourth-order valence-electron chi connectivity index (χ4n) is 2.35. The van der Waals surface area contributed by atoms with Crippen molar-refractivity contribution in [2.75, 3.05) is 36.9 Å². The van der Waals surface area contributed by atoms with Crippen LogP contribution in [0.25, 0.3) is 10.4 Å². The Hall–Kier alpha value is -1.64. The van der Waals surface area contributed by atoms with E-state index in [2.05, 4.69) is 0 Å². The number of nitrogens with two attached hydrogens (primary N) is 1. The summed E-state index contributed by atoms with van der Waals surface area (Å²) in [6.45, 7) is -0.490. The zero-order valence-corrected chi connectivity index (χ0v) is 13.5. The monoisotopic (exact) mass is 338 g/mol. The summed E-state index contributed by atoms with van der Waals surface area (Å²) in [6, 6.07) is 9.30. The largest absolute Gasteiger partial charge is 0.399 e. The predicted octanol–water partition coefficient (Wildman–Crippen LogP) is 0.510. The van der Waals surface area contributed by atoms with Crippen molar-refractivity contribution in [2.45, 2.75) is 12.2 Å². The highest BCUT2D eigenvalue weighted by Gasteiger charge is 2.19. The molecule has 0 aliphatic heterocycles. The molecule has 0 saturated carbocycles. The summed E-state index contributed by atoms with van der Waals surface area (Å²) < 4.78 is 0. The molecule has 0 spiro atoms. The third-order valence-corrected chi connectivity index (χ3v) is 4.33. The van der Waals surface area contributed by atoms with E-state index in [0.717, 1.165) is 16.1 Å². The number of benzene rings is 1. The quantitative estimate of drug-likeness (QED) is 0.449. The molecule has 2 rings (SSSR count). The number of rotatable bonds is 8. The van der Waals surface area contributed by atoms with E-state index in [4.69, 9.17) is 15.9 Å². The van der Waals surface area contributed by atoms with Crippen LogP contribution in [0.3, 0.4) is 0 Å². The van der Waals surface area contributed by atoms with Gasteiger partial charge in [0.25, 0.3) is 0 Å². The summed E-state index contributed by atoms with van der Waals surface area (Å²) in [7, 11) is 0. The Bertz CT molecular complexity index is 594. The fraction of sp³-hybridized carbons (Fsp3) is 0.375. The third-order valence-electron chi connectivity index (χ3n) is 3.43. The van der Waals surface area contributed by atoms with Gasteiger partial charge in [0, 0.05) is 34.9 Å². The molecule has 2 unspecified atom stereocenters.